The van der Waals surface area contributed by atoms with Crippen molar-refractivity contribution >= 4 is 0 Å². The van der Waals surface area contributed by atoms with E-state index < -0.39 is 0 Å². The zero-order chi connectivity index (χ0) is 10.1. The third kappa shape index (κ3) is 2.31. The van der Waals surface area contributed by atoms with Crippen molar-refractivity contribution in [2.75, 3.05) is 0 Å². The molecule has 0 spiro atoms. The molecular weight excluding hydrogens is 170 g/mol. The Morgan fingerprint density at radius 2 is 1.14 bits per heavy atom. The van der Waals surface area contributed by atoms with Gasteiger partial charge in [-0.25, -0.2) is 0 Å². The Bertz CT molecular complexity index is 176. The van der Waals surface area contributed by atoms with Crippen molar-refractivity contribution in [1.82, 2.24) is 0 Å². The molecule has 0 saturated heterocycles. The lowest BCUT2D eigenvalue weighted by Gasteiger charge is -2.34. The normalized spacial score (nSPS) is 36.0. The molecule has 2 rings (SSSR count). The average molecular weight is 195 g/mol. The van der Waals surface area contributed by atoms with Crippen LogP contribution in [0.15, 0.2) is 0 Å². The Balaban J connectivity index is 1.77. The van der Waals surface area contributed by atoms with Gasteiger partial charge in [0, 0.05) is 6.04 Å². The van der Waals surface area contributed by atoms with E-state index in [2.05, 4.69) is 13.8 Å². The van der Waals surface area contributed by atoms with Crippen molar-refractivity contribution in [3.63, 3.8) is 0 Å². The molecule has 82 valence electrons. The summed E-state index contributed by atoms with van der Waals surface area (Å²) in [6.45, 7) is 4.73. The highest BCUT2D eigenvalue weighted by Gasteiger charge is 2.35. The third-order valence-electron chi connectivity index (χ3n) is 4.47. The Morgan fingerprint density at radius 3 is 1.50 bits per heavy atom. The van der Waals surface area contributed by atoms with Crippen LogP contribution in [0, 0.1) is 23.7 Å². The third-order valence-corrected chi connectivity index (χ3v) is 4.47. The predicted octanol–water partition coefficient (Wildman–Crippen LogP) is 3.19. The number of hydrogen-bond donors (Lipinski definition) is 1. The molecule has 0 radical (unpaired) electrons. The monoisotopic (exact) mass is 195 g/mol. The van der Waals surface area contributed by atoms with Gasteiger partial charge in [-0.15, -0.1) is 0 Å². The standard InChI is InChI=1S/C13H25N/c1-9(2)10-3-5-11(6-4-10)13(14)12-7-8-12/h9-13H,3-8,14H2,1-2H3. The largest absolute Gasteiger partial charge is 0.327 e. The highest BCUT2D eigenvalue weighted by atomic mass is 14.7. The fourth-order valence-corrected chi connectivity index (χ4v) is 3.06. The van der Waals surface area contributed by atoms with Gasteiger partial charge in [-0.1, -0.05) is 13.8 Å². The van der Waals surface area contributed by atoms with Crippen molar-refractivity contribution < 1.29 is 0 Å². The predicted molar refractivity (Wildman–Crippen MR) is 61.0 cm³/mol. The Labute approximate surface area is 88.4 Å². The minimum absolute atomic E-state index is 0.545. The first-order chi connectivity index (χ1) is 6.68. The van der Waals surface area contributed by atoms with Crippen molar-refractivity contribution in [2.24, 2.45) is 29.4 Å². The minimum Gasteiger partial charge on any atom is -0.327 e. The summed E-state index contributed by atoms with van der Waals surface area (Å²) in [6, 6.07) is 0.545. The summed E-state index contributed by atoms with van der Waals surface area (Å²) < 4.78 is 0. The molecule has 1 atom stereocenters. The average Bonchev–Trinajstić information content (AvgIpc) is 3.00. The van der Waals surface area contributed by atoms with Gasteiger partial charge in [-0.05, 0) is 62.2 Å². The molecule has 2 aliphatic rings. The molecule has 0 amide bonds. The van der Waals surface area contributed by atoms with Gasteiger partial charge in [-0.2, -0.15) is 0 Å². The van der Waals surface area contributed by atoms with Gasteiger partial charge in [0.25, 0.3) is 0 Å². The first-order valence-corrected chi connectivity index (χ1v) is 6.44. The van der Waals surface area contributed by atoms with Crippen LogP contribution in [0.1, 0.15) is 52.4 Å². The van der Waals surface area contributed by atoms with Crippen LogP contribution in [0.2, 0.25) is 0 Å². The Kier molecular flexibility index (Phi) is 3.16. The molecule has 0 heterocycles. The van der Waals surface area contributed by atoms with E-state index in [-0.39, 0.29) is 0 Å². The van der Waals surface area contributed by atoms with Crippen LogP contribution >= 0.6 is 0 Å². The maximum Gasteiger partial charge on any atom is 0.00956 e. The van der Waals surface area contributed by atoms with Crippen molar-refractivity contribution in [2.45, 2.75) is 58.4 Å². The molecule has 0 aromatic heterocycles. The molecule has 0 aromatic rings. The van der Waals surface area contributed by atoms with Gasteiger partial charge in [0.15, 0.2) is 0 Å². The van der Waals surface area contributed by atoms with Crippen molar-refractivity contribution in [3.05, 3.63) is 0 Å². The van der Waals surface area contributed by atoms with E-state index >= 15 is 0 Å². The Hall–Kier alpha value is -0.0400. The Morgan fingerprint density at radius 1 is 0.786 bits per heavy atom. The van der Waals surface area contributed by atoms with E-state index in [0.29, 0.717) is 6.04 Å². The van der Waals surface area contributed by atoms with Crippen molar-refractivity contribution in [1.29, 1.82) is 0 Å². The molecule has 2 fully saturated rings. The lowest BCUT2D eigenvalue weighted by atomic mass is 9.74. The van der Waals surface area contributed by atoms with E-state index in [1.807, 2.05) is 0 Å². The molecule has 14 heavy (non-hydrogen) atoms. The summed E-state index contributed by atoms with van der Waals surface area (Å²) in [5.74, 6) is 3.62. The maximum atomic E-state index is 6.28. The smallest absolute Gasteiger partial charge is 0.00956 e. The first kappa shape index (κ1) is 10.5. The second kappa shape index (κ2) is 4.22. The molecule has 0 bridgehead atoms. The zero-order valence-corrected chi connectivity index (χ0v) is 9.71. The second-order valence-electron chi connectivity index (χ2n) is 5.83. The number of hydrogen-bond acceptors (Lipinski definition) is 1. The van der Waals surface area contributed by atoms with Gasteiger partial charge >= 0.3 is 0 Å². The quantitative estimate of drug-likeness (QED) is 0.735. The van der Waals surface area contributed by atoms with E-state index in [0.717, 1.165) is 23.7 Å². The second-order valence-corrected chi connectivity index (χ2v) is 5.83. The zero-order valence-electron chi connectivity index (χ0n) is 9.71. The molecule has 0 aromatic carbocycles. The van der Waals surface area contributed by atoms with Gasteiger partial charge in [-0.3, -0.25) is 0 Å². The highest BCUT2D eigenvalue weighted by Crippen LogP contribution is 2.41. The lowest BCUT2D eigenvalue weighted by Crippen LogP contribution is -2.35. The molecule has 1 nitrogen and oxygen atoms in total. The maximum absolute atomic E-state index is 6.28. The number of rotatable bonds is 3. The molecule has 2 saturated carbocycles. The SMILES string of the molecule is CC(C)C1CCC(C(N)C2CC2)CC1. The summed E-state index contributed by atoms with van der Waals surface area (Å²) in [5.41, 5.74) is 6.28. The van der Waals surface area contributed by atoms with Crippen LogP contribution in [-0.2, 0) is 0 Å². The van der Waals surface area contributed by atoms with Crippen LogP contribution in [-0.4, -0.2) is 6.04 Å². The van der Waals surface area contributed by atoms with Gasteiger partial charge in [0.05, 0.1) is 0 Å². The highest BCUT2D eigenvalue weighted by molar-refractivity contribution is 4.90. The summed E-state index contributed by atoms with van der Waals surface area (Å²) in [5, 5.41) is 0. The van der Waals surface area contributed by atoms with Gasteiger partial charge < -0.3 is 5.73 Å². The molecule has 1 unspecified atom stereocenters. The summed E-state index contributed by atoms with van der Waals surface area (Å²) >= 11 is 0. The van der Waals surface area contributed by atoms with E-state index in [9.17, 15) is 0 Å². The van der Waals surface area contributed by atoms with Crippen LogP contribution in [0.4, 0.5) is 0 Å². The van der Waals surface area contributed by atoms with Gasteiger partial charge in [0.2, 0.25) is 0 Å². The molecule has 2 N–H and O–H groups in total. The van der Waals surface area contributed by atoms with E-state index in [1.54, 1.807) is 0 Å². The summed E-state index contributed by atoms with van der Waals surface area (Å²) in [6.07, 6.45) is 8.49. The lowest BCUT2D eigenvalue weighted by molar-refractivity contribution is 0.195. The first-order valence-electron chi connectivity index (χ1n) is 6.44. The van der Waals surface area contributed by atoms with Gasteiger partial charge in [0.1, 0.15) is 0 Å². The van der Waals surface area contributed by atoms with Crippen molar-refractivity contribution in [3.8, 4) is 0 Å². The fraction of sp³-hybridized carbons (Fsp3) is 1.00. The topological polar surface area (TPSA) is 26.0 Å². The van der Waals surface area contributed by atoms with Crippen LogP contribution in [0.3, 0.4) is 0 Å². The van der Waals surface area contributed by atoms with Crippen LogP contribution < -0.4 is 5.73 Å². The molecular formula is C13H25N. The van der Waals surface area contributed by atoms with E-state index in [1.165, 1.54) is 38.5 Å². The molecule has 1 heteroatoms. The van der Waals surface area contributed by atoms with Crippen LogP contribution in [0.5, 0.6) is 0 Å². The summed E-state index contributed by atoms with van der Waals surface area (Å²) in [4.78, 5) is 0. The molecule has 2 aliphatic carbocycles. The van der Waals surface area contributed by atoms with E-state index in [4.69, 9.17) is 5.73 Å². The minimum atomic E-state index is 0.545. The van der Waals surface area contributed by atoms with Crippen LogP contribution in [0.25, 0.3) is 0 Å². The number of nitrogens with two attached hydrogens (primary N) is 1. The fourth-order valence-electron chi connectivity index (χ4n) is 3.06. The summed E-state index contributed by atoms with van der Waals surface area (Å²) in [7, 11) is 0. The molecule has 0 aliphatic heterocycles.